The van der Waals surface area contributed by atoms with Gasteiger partial charge in [-0.1, -0.05) is 30.3 Å². The van der Waals surface area contributed by atoms with E-state index in [9.17, 15) is 0 Å². The van der Waals surface area contributed by atoms with Gasteiger partial charge in [-0.25, -0.2) is 9.97 Å². The van der Waals surface area contributed by atoms with Gasteiger partial charge in [-0.2, -0.15) is 0 Å². The second-order valence-electron chi connectivity index (χ2n) is 7.39. The quantitative estimate of drug-likeness (QED) is 0.449. The second-order valence-corrected chi connectivity index (χ2v) is 7.39. The molecule has 0 saturated carbocycles. The van der Waals surface area contributed by atoms with Gasteiger partial charge >= 0.3 is 0 Å². The SMILES string of the molecule is CCNc1ncnc2[nH]c(-c3ccc(OCCN(C)C)cc3)c(-c3ccccc3)c12. The summed E-state index contributed by atoms with van der Waals surface area (Å²) in [6.45, 7) is 4.40. The van der Waals surface area contributed by atoms with Crippen molar-refractivity contribution in [3.05, 3.63) is 60.9 Å². The van der Waals surface area contributed by atoms with Crippen LogP contribution in [-0.4, -0.2) is 53.6 Å². The van der Waals surface area contributed by atoms with Gasteiger partial charge in [-0.05, 0) is 56.4 Å². The van der Waals surface area contributed by atoms with Gasteiger partial charge in [0.05, 0.1) is 11.1 Å². The summed E-state index contributed by atoms with van der Waals surface area (Å²) in [7, 11) is 4.08. The van der Waals surface area contributed by atoms with Gasteiger partial charge in [0.15, 0.2) is 0 Å². The fourth-order valence-electron chi connectivity index (χ4n) is 3.50. The van der Waals surface area contributed by atoms with Crippen LogP contribution in [0.1, 0.15) is 6.92 Å². The summed E-state index contributed by atoms with van der Waals surface area (Å²) in [6.07, 6.45) is 1.59. The largest absolute Gasteiger partial charge is 0.492 e. The Hall–Kier alpha value is -3.38. The molecule has 0 atom stereocenters. The Morgan fingerprint density at radius 1 is 0.967 bits per heavy atom. The molecule has 0 radical (unpaired) electrons. The van der Waals surface area contributed by atoms with E-state index in [4.69, 9.17) is 4.74 Å². The number of aromatic amines is 1. The first-order valence-corrected chi connectivity index (χ1v) is 10.2. The molecule has 2 N–H and O–H groups in total. The average Bonchev–Trinajstić information content (AvgIpc) is 3.15. The van der Waals surface area contributed by atoms with Gasteiger partial charge < -0.3 is 19.9 Å². The number of aromatic nitrogens is 3. The minimum Gasteiger partial charge on any atom is -0.492 e. The highest BCUT2D eigenvalue weighted by molar-refractivity contribution is 6.07. The summed E-state index contributed by atoms with van der Waals surface area (Å²) in [5, 5.41) is 4.38. The first-order chi connectivity index (χ1) is 14.7. The number of benzene rings is 2. The van der Waals surface area contributed by atoms with E-state index >= 15 is 0 Å². The number of ether oxygens (including phenoxy) is 1. The monoisotopic (exact) mass is 401 g/mol. The average molecular weight is 402 g/mol. The molecular weight excluding hydrogens is 374 g/mol. The predicted molar refractivity (Wildman–Crippen MR) is 123 cm³/mol. The molecular formula is C24H27N5O. The molecule has 2 aromatic carbocycles. The van der Waals surface area contributed by atoms with Gasteiger partial charge in [0.25, 0.3) is 0 Å². The maximum Gasteiger partial charge on any atom is 0.143 e. The van der Waals surface area contributed by atoms with Crippen molar-refractivity contribution in [3.8, 4) is 28.1 Å². The first-order valence-electron chi connectivity index (χ1n) is 10.2. The Morgan fingerprint density at radius 3 is 2.43 bits per heavy atom. The smallest absolute Gasteiger partial charge is 0.143 e. The molecule has 2 aromatic heterocycles. The van der Waals surface area contributed by atoms with Crippen molar-refractivity contribution < 1.29 is 4.74 Å². The molecule has 6 heteroatoms. The lowest BCUT2D eigenvalue weighted by Crippen LogP contribution is -2.19. The van der Waals surface area contributed by atoms with Crippen molar-refractivity contribution in [1.82, 2.24) is 19.9 Å². The van der Waals surface area contributed by atoms with E-state index in [0.717, 1.165) is 58.1 Å². The van der Waals surface area contributed by atoms with Crippen LogP contribution >= 0.6 is 0 Å². The van der Waals surface area contributed by atoms with Crippen LogP contribution in [0.25, 0.3) is 33.4 Å². The highest BCUT2D eigenvalue weighted by atomic mass is 16.5. The van der Waals surface area contributed by atoms with E-state index in [1.54, 1.807) is 6.33 Å². The maximum absolute atomic E-state index is 5.85. The lowest BCUT2D eigenvalue weighted by atomic mass is 9.99. The Balaban J connectivity index is 1.78. The molecule has 30 heavy (non-hydrogen) atoms. The Bertz CT molecular complexity index is 1100. The van der Waals surface area contributed by atoms with Crippen LogP contribution in [0.15, 0.2) is 60.9 Å². The summed E-state index contributed by atoms with van der Waals surface area (Å²) >= 11 is 0. The van der Waals surface area contributed by atoms with Crippen LogP contribution in [0.2, 0.25) is 0 Å². The molecule has 0 spiro atoms. The molecule has 0 fully saturated rings. The molecule has 4 rings (SSSR count). The fourth-order valence-corrected chi connectivity index (χ4v) is 3.50. The molecule has 154 valence electrons. The zero-order valence-corrected chi connectivity index (χ0v) is 17.6. The Labute approximate surface area is 176 Å². The van der Waals surface area contributed by atoms with Crippen molar-refractivity contribution in [3.63, 3.8) is 0 Å². The molecule has 6 nitrogen and oxygen atoms in total. The number of hydrogen-bond acceptors (Lipinski definition) is 5. The standard InChI is InChI=1S/C24H27N5O/c1-4-25-23-21-20(17-8-6-5-7-9-17)22(28-24(21)27-16-26-23)18-10-12-19(13-11-18)30-15-14-29(2)3/h5-13,16H,4,14-15H2,1-3H3,(H2,25,26,27,28). The summed E-state index contributed by atoms with van der Waals surface area (Å²) in [6, 6.07) is 18.6. The number of nitrogens with one attached hydrogen (secondary N) is 2. The Kier molecular flexibility index (Phi) is 5.95. The number of fused-ring (bicyclic) bond motifs is 1. The van der Waals surface area contributed by atoms with E-state index in [-0.39, 0.29) is 0 Å². The van der Waals surface area contributed by atoms with Crippen LogP contribution in [0.5, 0.6) is 5.75 Å². The topological polar surface area (TPSA) is 66.1 Å². The number of H-pyrrole nitrogens is 1. The molecule has 0 unspecified atom stereocenters. The van der Waals surface area contributed by atoms with E-state index in [1.807, 2.05) is 32.3 Å². The number of likely N-dealkylation sites (N-methyl/N-ethyl adjacent to an activating group) is 1. The molecule has 2 heterocycles. The summed E-state index contributed by atoms with van der Waals surface area (Å²) in [5.74, 6) is 1.71. The van der Waals surface area contributed by atoms with Crippen molar-refractivity contribution in [2.24, 2.45) is 0 Å². The van der Waals surface area contributed by atoms with Crippen LogP contribution in [0.4, 0.5) is 5.82 Å². The van der Waals surface area contributed by atoms with Gasteiger partial charge in [0, 0.05) is 18.7 Å². The third kappa shape index (κ3) is 4.14. The van der Waals surface area contributed by atoms with E-state index in [2.05, 4.69) is 68.5 Å². The van der Waals surface area contributed by atoms with E-state index in [1.165, 1.54) is 0 Å². The number of rotatable bonds is 8. The number of nitrogens with zero attached hydrogens (tertiary/aromatic N) is 3. The molecule has 4 aromatic rings. The highest BCUT2D eigenvalue weighted by Crippen LogP contribution is 2.40. The summed E-state index contributed by atoms with van der Waals surface area (Å²) in [4.78, 5) is 14.6. The zero-order chi connectivity index (χ0) is 20.9. The number of anilines is 1. The van der Waals surface area contributed by atoms with Gasteiger partial charge in [0.2, 0.25) is 0 Å². The normalized spacial score (nSPS) is 11.2. The van der Waals surface area contributed by atoms with Crippen LogP contribution in [0.3, 0.4) is 0 Å². The predicted octanol–water partition coefficient (Wildman–Crippen LogP) is 4.66. The lowest BCUT2D eigenvalue weighted by Gasteiger charge is -2.12. The molecule has 0 bridgehead atoms. The molecule has 0 aliphatic carbocycles. The van der Waals surface area contributed by atoms with Crippen molar-refractivity contribution >= 4 is 16.9 Å². The highest BCUT2D eigenvalue weighted by Gasteiger charge is 2.19. The third-order valence-corrected chi connectivity index (χ3v) is 4.95. The maximum atomic E-state index is 5.85. The van der Waals surface area contributed by atoms with Crippen LogP contribution < -0.4 is 10.1 Å². The van der Waals surface area contributed by atoms with E-state index in [0.29, 0.717) is 6.61 Å². The second kappa shape index (κ2) is 8.97. The Morgan fingerprint density at radius 2 is 1.73 bits per heavy atom. The van der Waals surface area contributed by atoms with Gasteiger partial charge in [-0.15, -0.1) is 0 Å². The van der Waals surface area contributed by atoms with Crippen LogP contribution in [0, 0.1) is 0 Å². The van der Waals surface area contributed by atoms with Crippen molar-refractivity contribution in [2.75, 3.05) is 39.1 Å². The third-order valence-electron chi connectivity index (χ3n) is 4.95. The molecule has 0 saturated heterocycles. The van der Waals surface area contributed by atoms with Gasteiger partial charge in [-0.3, -0.25) is 0 Å². The van der Waals surface area contributed by atoms with E-state index < -0.39 is 0 Å². The minimum absolute atomic E-state index is 0.662. The van der Waals surface area contributed by atoms with Crippen molar-refractivity contribution in [1.29, 1.82) is 0 Å². The lowest BCUT2D eigenvalue weighted by molar-refractivity contribution is 0.261. The zero-order valence-electron chi connectivity index (χ0n) is 17.6. The fraction of sp³-hybridized carbons (Fsp3) is 0.250. The summed E-state index contributed by atoms with van der Waals surface area (Å²) < 4.78 is 5.85. The minimum atomic E-state index is 0.662. The molecule has 0 aliphatic heterocycles. The van der Waals surface area contributed by atoms with Gasteiger partial charge in [0.1, 0.15) is 30.1 Å². The first kappa shape index (κ1) is 19.9. The van der Waals surface area contributed by atoms with Crippen LogP contribution in [-0.2, 0) is 0 Å². The summed E-state index contributed by atoms with van der Waals surface area (Å²) in [5.41, 5.74) is 5.15. The molecule has 0 amide bonds. The number of hydrogen-bond donors (Lipinski definition) is 2. The molecule has 0 aliphatic rings. The van der Waals surface area contributed by atoms with Crippen molar-refractivity contribution in [2.45, 2.75) is 6.92 Å².